The van der Waals surface area contributed by atoms with Crippen molar-refractivity contribution in [3.8, 4) is 0 Å². The maximum atomic E-state index is 14.3. The summed E-state index contributed by atoms with van der Waals surface area (Å²) in [4.78, 5) is 50.4. The van der Waals surface area contributed by atoms with Crippen LogP contribution < -0.4 is 5.56 Å². The van der Waals surface area contributed by atoms with E-state index in [9.17, 15) is 19.5 Å². The van der Waals surface area contributed by atoms with Crippen molar-refractivity contribution in [1.29, 1.82) is 0 Å². The van der Waals surface area contributed by atoms with Gasteiger partial charge in [0.05, 0.1) is 17.4 Å². The predicted molar refractivity (Wildman–Crippen MR) is 169 cm³/mol. The molecule has 1 heterocycles. The summed E-state index contributed by atoms with van der Waals surface area (Å²) < 4.78 is 2.18. The summed E-state index contributed by atoms with van der Waals surface area (Å²) in [6.07, 6.45) is 0.499. The quantitative estimate of drug-likeness (QED) is 0.217. The predicted octanol–water partition coefficient (Wildman–Crippen LogP) is 5.89. The van der Waals surface area contributed by atoms with Crippen LogP contribution in [0.2, 0.25) is 5.02 Å². The Balaban J connectivity index is 2.07. The lowest BCUT2D eigenvalue weighted by molar-refractivity contribution is -0.155. The van der Waals surface area contributed by atoms with Gasteiger partial charge in [-0.2, -0.15) is 0 Å². The Morgan fingerprint density at radius 1 is 1.02 bits per heavy atom. The first kappa shape index (κ1) is 31.4. The second-order valence-corrected chi connectivity index (χ2v) is 12.2. The summed E-state index contributed by atoms with van der Waals surface area (Å²) in [5.74, 6) is -2.45. The van der Waals surface area contributed by atoms with Gasteiger partial charge in [0.1, 0.15) is 0 Å². The Kier molecular flexibility index (Phi) is 9.86. The van der Waals surface area contributed by atoms with Crippen LogP contribution in [0.25, 0.3) is 10.9 Å². The maximum absolute atomic E-state index is 14.3. The van der Waals surface area contributed by atoms with E-state index in [0.29, 0.717) is 28.9 Å². The number of amides is 1. The molecule has 0 fully saturated rings. The average Bonchev–Trinajstić information content (AvgIpc) is 2.94. The van der Waals surface area contributed by atoms with E-state index in [0.717, 1.165) is 10.0 Å². The smallest absolute Gasteiger partial charge is 0.337 e. The fourth-order valence-electron chi connectivity index (χ4n) is 5.28. The van der Waals surface area contributed by atoms with Crippen LogP contribution in [0.1, 0.15) is 42.0 Å². The third-order valence-electron chi connectivity index (χ3n) is 7.35. The van der Waals surface area contributed by atoms with Gasteiger partial charge in [0, 0.05) is 21.6 Å². The molecule has 42 heavy (non-hydrogen) atoms. The Morgan fingerprint density at radius 2 is 1.69 bits per heavy atom. The van der Waals surface area contributed by atoms with E-state index < -0.39 is 28.9 Å². The minimum atomic E-state index is -2.00. The van der Waals surface area contributed by atoms with Crippen LogP contribution in [0.15, 0.2) is 82.1 Å². The van der Waals surface area contributed by atoms with Gasteiger partial charge >= 0.3 is 5.97 Å². The van der Waals surface area contributed by atoms with Crippen molar-refractivity contribution in [1.82, 2.24) is 19.4 Å². The minimum absolute atomic E-state index is 0.0241. The Morgan fingerprint density at radius 3 is 2.29 bits per heavy atom. The van der Waals surface area contributed by atoms with Gasteiger partial charge in [-0.3, -0.25) is 14.2 Å². The van der Waals surface area contributed by atoms with Crippen LogP contribution in [0.3, 0.4) is 0 Å². The zero-order valence-electron chi connectivity index (χ0n) is 24.1. The molecule has 8 nitrogen and oxygen atoms in total. The van der Waals surface area contributed by atoms with Gasteiger partial charge in [0.25, 0.3) is 11.5 Å². The highest BCUT2D eigenvalue weighted by Crippen LogP contribution is 2.38. The van der Waals surface area contributed by atoms with E-state index >= 15 is 0 Å². The van der Waals surface area contributed by atoms with Crippen LogP contribution >= 0.6 is 27.5 Å². The van der Waals surface area contributed by atoms with Crippen LogP contribution in [0.4, 0.5) is 0 Å². The van der Waals surface area contributed by atoms with Gasteiger partial charge in [0.2, 0.25) is 5.54 Å². The molecule has 3 aromatic carbocycles. The molecule has 0 aliphatic carbocycles. The fourth-order valence-corrected chi connectivity index (χ4v) is 5.71. The summed E-state index contributed by atoms with van der Waals surface area (Å²) >= 11 is 9.70. The number of carboxylic acid groups (broad SMARTS) is 1. The molecule has 4 aromatic rings. The standard InChI is InChI=1S/C32H34BrClN4O4/c1-21(2)32(31(41)42,38(18-8-17-36(3)4)28(39)23-11-13-24(33)14-12-23)30-35-27-19-25(34)15-16-26(27)29(40)37(30)20-22-9-6-5-7-10-22/h5-7,9-16,19,21H,8,17-18,20H2,1-4H3,(H,41,42). The van der Waals surface area contributed by atoms with E-state index in [-0.39, 0.29) is 24.4 Å². The number of fused-ring (bicyclic) bond motifs is 1. The molecule has 1 unspecified atom stereocenters. The van der Waals surface area contributed by atoms with E-state index in [1.54, 1.807) is 56.3 Å². The van der Waals surface area contributed by atoms with Crippen molar-refractivity contribution in [2.75, 3.05) is 27.2 Å². The number of hydrogen-bond acceptors (Lipinski definition) is 5. The van der Waals surface area contributed by atoms with Crippen molar-refractivity contribution in [3.05, 3.63) is 110 Å². The lowest BCUT2D eigenvalue weighted by Crippen LogP contribution is -2.60. The summed E-state index contributed by atoms with van der Waals surface area (Å²) in [6.45, 7) is 4.29. The van der Waals surface area contributed by atoms with Crippen molar-refractivity contribution < 1.29 is 14.7 Å². The number of carboxylic acids is 1. The second kappa shape index (κ2) is 13.2. The first-order valence-electron chi connectivity index (χ1n) is 13.7. The van der Waals surface area contributed by atoms with E-state index in [2.05, 4.69) is 15.9 Å². The molecule has 0 aliphatic heterocycles. The highest BCUT2D eigenvalue weighted by Gasteiger charge is 2.54. The molecule has 220 valence electrons. The van der Waals surface area contributed by atoms with Crippen LogP contribution in [-0.4, -0.2) is 63.5 Å². The minimum Gasteiger partial charge on any atom is -0.479 e. The first-order chi connectivity index (χ1) is 20.0. The largest absolute Gasteiger partial charge is 0.479 e. The summed E-state index contributed by atoms with van der Waals surface area (Å²) in [7, 11) is 3.83. The molecule has 0 aliphatic rings. The van der Waals surface area contributed by atoms with Gasteiger partial charge in [-0.05, 0) is 81.0 Å². The van der Waals surface area contributed by atoms with Gasteiger partial charge < -0.3 is 14.9 Å². The lowest BCUT2D eigenvalue weighted by atomic mass is 9.82. The number of carbonyl (C=O) groups is 2. The molecule has 0 bridgehead atoms. The molecule has 1 aromatic heterocycles. The fraction of sp³-hybridized carbons (Fsp3) is 0.312. The van der Waals surface area contributed by atoms with Crippen LogP contribution in [0.5, 0.6) is 0 Å². The van der Waals surface area contributed by atoms with Crippen molar-refractivity contribution in [2.45, 2.75) is 32.4 Å². The number of hydrogen-bond donors (Lipinski definition) is 1. The molecule has 0 spiro atoms. The number of benzene rings is 3. The average molecular weight is 654 g/mol. The van der Waals surface area contributed by atoms with E-state index in [1.807, 2.05) is 49.3 Å². The highest BCUT2D eigenvalue weighted by molar-refractivity contribution is 9.10. The number of nitrogens with zero attached hydrogens (tertiary/aromatic N) is 4. The Hall–Kier alpha value is -3.53. The number of carbonyl (C=O) groups excluding carboxylic acids is 1. The molecule has 0 saturated carbocycles. The molecule has 1 atom stereocenters. The van der Waals surface area contributed by atoms with Crippen molar-refractivity contribution in [3.63, 3.8) is 0 Å². The van der Waals surface area contributed by atoms with Gasteiger partial charge in [-0.1, -0.05) is 71.7 Å². The molecule has 1 amide bonds. The summed E-state index contributed by atoms with van der Waals surface area (Å²) in [5, 5.41) is 11.8. The molecule has 0 saturated heterocycles. The normalized spacial score (nSPS) is 13.0. The number of halogens is 2. The Bertz CT molecular complexity index is 1640. The van der Waals surface area contributed by atoms with Crippen LogP contribution in [0, 0.1) is 5.92 Å². The number of rotatable bonds is 11. The monoisotopic (exact) mass is 652 g/mol. The molecule has 1 N–H and O–H groups in total. The number of aliphatic carboxylic acids is 1. The van der Waals surface area contributed by atoms with E-state index in [4.69, 9.17) is 16.6 Å². The zero-order chi connectivity index (χ0) is 30.6. The van der Waals surface area contributed by atoms with Gasteiger partial charge in [-0.15, -0.1) is 0 Å². The third kappa shape index (κ3) is 6.28. The molecule has 0 radical (unpaired) electrons. The van der Waals surface area contributed by atoms with E-state index in [1.165, 1.54) is 9.47 Å². The van der Waals surface area contributed by atoms with Crippen LogP contribution in [-0.2, 0) is 16.9 Å². The third-order valence-corrected chi connectivity index (χ3v) is 8.12. The molecule has 4 rings (SSSR count). The Labute approximate surface area is 258 Å². The van der Waals surface area contributed by atoms with Crippen molar-refractivity contribution >= 4 is 50.3 Å². The maximum Gasteiger partial charge on any atom is 0.337 e. The molecular formula is C32H34BrClN4O4. The number of aromatic nitrogens is 2. The van der Waals surface area contributed by atoms with Gasteiger partial charge in [0.15, 0.2) is 5.82 Å². The summed E-state index contributed by atoms with van der Waals surface area (Å²) in [6, 6.07) is 20.8. The SMILES string of the molecule is CC(C)C(C(=O)O)(c1nc2cc(Cl)ccc2c(=O)n1Cc1ccccc1)N(CCCN(C)C)C(=O)c1ccc(Br)cc1. The highest BCUT2D eigenvalue weighted by atomic mass is 79.9. The second-order valence-electron chi connectivity index (χ2n) is 10.8. The molecule has 10 heteroatoms. The topological polar surface area (TPSA) is 95.7 Å². The lowest BCUT2D eigenvalue weighted by Gasteiger charge is -2.44. The molecular weight excluding hydrogens is 620 g/mol. The van der Waals surface area contributed by atoms with Gasteiger partial charge in [-0.25, -0.2) is 9.78 Å². The first-order valence-corrected chi connectivity index (χ1v) is 14.8. The summed E-state index contributed by atoms with van der Waals surface area (Å²) in [5.41, 5.74) is -1.03. The van der Waals surface area contributed by atoms with Crippen molar-refractivity contribution in [2.24, 2.45) is 5.92 Å². The zero-order valence-corrected chi connectivity index (χ0v) is 26.4.